The van der Waals surface area contributed by atoms with Crippen LogP contribution in [-0.2, 0) is 14.3 Å². The molecule has 3 rings (SSSR count). The fourth-order valence-electron chi connectivity index (χ4n) is 4.24. The van der Waals surface area contributed by atoms with Gasteiger partial charge in [-0.15, -0.1) is 0 Å². The van der Waals surface area contributed by atoms with Gasteiger partial charge in [-0.25, -0.2) is 0 Å². The second kappa shape index (κ2) is 7.53. The average Bonchev–Trinajstić information content (AvgIpc) is 2.58. The van der Waals surface area contributed by atoms with E-state index in [1.165, 1.54) is 14.2 Å². The summed E-state index contributed by atoms with van der Waals surface area (Å²) in [4.78, 5) is 30.5. The predicted octanol–water partition coefficient (Wildman–Crippen LogP) is 4.99. The molecule has 0 bridgehead atoms. The molecule has 5 nitrogen and oxygen atoms in total. The van der Waals surface area contributed by atoms with E-state index >= 15 is 0 Å². The summed E-state index contributed by atoms with van der Waals surface area (Å²) >= 11 is 12.6. The van der Waals surface area contributed by atoms with E-state index < -0.39 is 17.8 Å². The Kier molecular flexibility index (Phi) is 5.61. The lowest BCUT2D eigenvalue weighted by molar-refractivity contribution is -0.143. The molecule has 0 saturated heterocycles. The molecular formula is C21H23Cl2NO4. The highest BCUT2D eigenvalue weighted by atomic mass is 35.5. The molecule has 0 aromatic heterocycles. The fraction of sp³-hybridized carbons (Fsp3) is 0.476. The zero-order chi connectivity index (χ0) is 20.8. The van der Waals surface area contributed by atoms with Gasteiger partial charge >= 0.3 is 5.97 Å². The molecular weight excluding hydrogens is 401 g/mol. The molecule has 1 unspecified atom stereocenters. The van der Waals surface area contributed by atoms with Crippen LogP contribution in [-0.4, -0.2) is 31.7 Å². The van der Waals surface area contributed by atoms with Crippen molar-refractivity contribution in [2.24, 2.45) is 16.3 Å². The molecule has 28 heavy (non-hydrogen) atoms. The van der Waals surface area contributed by atoms with Crippen molar-refractivity contribution in [3.8, 4) is 5.75 Å². The molecule has 1 aromatic rings. The van der Waals surface area contributed by atoms with Crippen molar-refractivity contribution in [2.45, 2.75) is 39.5 Å². The minimum absolute atomic E-state index is 0.0282. The Bertz CT molecular complexity index is 917. The highest BCUT2D eigenvalue weighted by Gasteiger charge is 2.47. The van der Waals surface area contributed by atoms with E-state index in [0.717, 1.165) is 0 Å². The fourth-order valence-corrected chi connectivity index (χ4v) is 4.83. The minimum Gasteiger partial charge on any atom is -0.495 e. The molecule has 1 aliphatic carbocycles. The van der Waals surface area contributed by atoms with Crippen molar-refractivity contribution in [1.29, 1.82) is 0 Å². The highest BCUT2D eigenvalue weighted by molar-refractivity contribution is 6.35. The van der Waals surface area contributed by atoms with Crippen molar-refractivity contribution in [2.75, 3.05) is 14.2 Å². The van der Waals surface area contributed by atoms with Gasteiger partial charge in [0.25, 0.3) is 0 Å². The zero-order valence-corrected chi connectivity index (χ0v) is 18.1. The van der Waals surface area contributed by atoms with Crippen LogP contribution in [0.25, 0.3) is 0 Å². The van der Waals surface area contributed by atoms with Gasteiger partial charge in [0.2, 0.25) is 0 Å². The van der Waals surface area contributed by atoms with Gasteiger partial charge in [-0.05, 0) is 30.9 Å². The number of allylic oxidation sites excluding steroid dienone is 2. The van der Waals surface area contributed by atoms with Gasteiger partial charge in [0.15, 0.2) is 5.78 Å². The standard InChI is InChI=1S/C21H23Cl2NO4/c1-10-16(20(26)28-5)17(12-6-11(22)7-13(23)19(12)27-4)18-14(24-10)8-21(2,3)9-15(18)25/h6-7,16-17H,8-9H2,1-5H3/t16?,17-/m0/s1. The van der Waals surface area contributed by atoms with Crippen LogP contribution in [0.15, 0.2) is 28.4 Å². The summed E-state index contributed by atoms with van der Waals surface area (Å²) in [5.41, 5.74) is 2.22. The maximum atomic E-state index is 13.2. The Labute approximate surface area is 174 Å². The number of nitrogens with zero attached hydrogens (tertiary/aromatic N) is 1. The number of halogens is 2. The van der Waals surface area contributed by atoms with Gasteiger partial charge in [-0.2, -0.15) is 0 Å². The number of esters is 1. The largest absolute Gasteiger partial charge is 0.495 e. The molecule has 1 aromatic carbocycles. The smallest absolute Gasteiger partial charge is 0.315 e. The topological polar surface area (TPSA) is 65.0 Å². The SMILES string of the molecule is COC(=O)C1C(C)=NC2=C(C(=O)CC(C)(C)C2)[C@H]1c1cc(Cl)cc(Cl)c1OC. The summed E-state index contributed by atoms with van der Waals surface area (Å²) in [5, 5.41) is 0.717. The lowest BCUT2D eigenvalue weighted by Crippen LogP contribution is -2.39. The molecule has 150 valence electrons. The highest BCUT2D eigenvalue weighted by Crippen LogP contribution is 2.51. The van der Waals surface area contributed by atoms with Crippen LogP contribution in [0.5, 0.6) is 5.75 Å². The van der Waals surface area contributed by atoms with Crippen molar-refractivity contribution >= 4 is 40.7 Å². The number of hydrogen-bond donors (Lipinski definition) is 0. The number of ether oxygens (including phenoxy) is 2. The number of rotatable bonds is 3. The third kappa shape index (κ3) is 3.58. The van der Waals surface area contributed by atoms with E-state index in [2.05, 4.69) is 4.99 Å². The Balaban J connectivity index is 2.31. The van der Waals surface area contributed by atoms with E-state index in [1.807, 2.05) is 13.8 Å². The number of Topliss-reactive ketones (excluding diaryl/α,β-unsaturated/α-hetero) is 1. The van der Waals surface area contributed by atoms with Gasteiger partial charge < -0.3 is 9.47 Å². The first kappa shape index (κ1) is 20.9. The average molecular weight is 424 g/mol. The van der Waals surface area contributed by atoms with Crippen molar-refractivity contribution in [1.82, 2.24) is 0 Å². The first-order valence-corrected chi connectivity index (χ1v) is 9.77. The predicted molar refractivity (Wildman–Crippen MR) is 109 cm³/mol. The molecule has 1 heterocycles. The number of hydrogen-bond acceptors (Lipinski definition) is 5. The molecule has 0 fully saturated rings. The third-order valence-electron chi connectivity index (χ3n) is 5.33. The van der Waals surface area contributed by atoms with Gasteiger partial charge in [0.05, 0.1) is 19.2 Å². The maximum absolute atomic E-state index is 13.2. The van der Waals surface area contributed by atoms with Crippen molar-refractivity contribution < 1.29 is 19.1 Å². The van der Waals surface area contributed by atoms with Crippen LogP contribution in [0.4, 0.5) is 0 Å². The van der Waals surface area contributed by atoms with Crippen LogP contribution < -0.4 is 4.74 Å². The zero-order valence-electron chi connectivity index (χ0n) is 16.6. The van der Waals surface area contributed by atoms with E-state index in [1.54, 1.807) is 19.1 Å². The van der Waals surface area contributed by atoms with Gasteiger partial charge in [-0.3, -0.25) is 14.6 Å². The molecule has 0 spiro atoms. The molecule has 0 radical (unpaired) electrons. The number of methoxy groups -OCH3 is 2. The molecule has 2 aliphatic rings. The maximum Gasteiger partial charge on any atom is 0.315 e. The Morgan fingerprint density at radius 1 is 1.21 bits per heavy atom. The summed E-state index contributed by atoms with van der Waals surface area (Å²) in [7, 11) is 2.82. The summed E-state index contributed by atoms with van der Waals surface area (Å²) in [6.45, 7) is 5.86. The number of benzene rings is 1. The van der Waals surface area contributed by atoms with E-state index in [-0.39, 0.29) is 11.2 Å². The quantitative estimate of drug-likeness (QED) is 0.641. The van der Waals surface area contributed by atoms with Crippen LogP contribution >= 0.6 is 23.2 Å². The minimum atomic E-state index is -0.752. The monoisotopic (exact) mass is 423 g/mol. The first-order valence-electron chi connectivity index (χ1n) is 9.02. The third-order valence-corrected chi connectivity index (χ3v) is 5.83. The molecule has 1 aliphatic heterocycles. The second-order valence-corrected chi connectivity index (χ2v) is 8.89. The van der Waals surface area contributed by atoms with Crippen molar-refractivity contribution in [3.63, 3.8) is 0 Å². The molecule has 2 atom stereocenters. The number of ketones is 1. The normalized spacial score (nSPS) is 23.8. The summed E-state index contributed by atoms with van der Waals surface area (Å²) in [6, 6.07) is 3.27. The van der Waals surface area contributed by atoms with E-state index in [9.17, 15) is 9.59 Å². The number of carbonyl (C=O) groups is 2. The Morgan fingerprint density at radius 2 is 1.89 bits per heavy atom. The summed E-state index contributed by atoms with van der Waals surface area (Å²) in [5.74, 6) is -1.47. The Morgan fingerprint density at radius 3 is 2.50 bits per heavy atom. The summed E-state index contributed by atoms with van der Waals surface area (Å²) < 4.78 is 10.6. The van der Waals surface area contributed by atoms with Gasteiger partial charge in [-0.1, -0.05) is 37.0 Å². The number of aliphatic imine (C=N–C) groups is 1. The first-order chi connectivity index (χ1) is 13.1. The van der Waals surface area contributed by atoms with Crippen LogP contribution in [0.1, 0.15) is 45.1 Å². The van der Waals surface area contributed by atoms with Crippen molar-refractivity contribution in [3.05, 3.63) is 39.0 Å². The Hall–Kier alpha value is -1.85. The van der Waals surface area contributed by atoms with E-state index in [0.29, 0.717) is 51.2 Å². The van der Waals surface area contributed by atoms with Gasteiger partial charge in [0.1, 0.15) is 11.7 Å². The summed E-state index contributed by atoms with van der Waals surface area (Å²) in [6.07, 6.45) is 1.02. The van der Waals surface area contributed by atoms with E-state index in [4.69, 9.17) is 32.7 Å². The van der Waals surface area contributed by atoms with Crippen LogP contribution in [0, 0.1) is 11.3 Å². The molecule has 0 saturated carbocycles. The molecule has 0 N–H and O–H groups in total. The lowest BCUT2D eigenvalue weighted by Gasteiger charge is -2.39. The number of carbonyl (C=O) groups excluding carboxylic acids is 2. The van der Waals surface area contributed by atoms with Crippen LogP contribution in [0.3, 0.4) is 0 Å². The van der Waals surface area contributed by atoms with Gasteiger partial charge in [0, 0.05) is 39.9 Å². The molecule has 7 heteroatoms. The molecule has 0 amide bonds. The lowest BCUT2D eigenvalue weighted by atomic mass is 9.66. The second-order valence-electron chi connectivity index (χ2n) is 8.04. The van der Waals surface area contributed by atoms with Crippen LogP contribution in [0.2, 0.25) is 10.0 Å².